The molecule has 0 fully saturated rings. The summed E-state index contributed by atoms with van der Waals surface area (Å²) in [6.45, 7) is 1.93. The Morgan fingerprint density at radius 3 is 2.40 bits per heavy atom. The fraction of sp³-hybridized carbons (Fsp3) is 0.143. The summed E-state index contributed by atoms with van der Waals surface area (Å²) in [5.74, 6) is -1.30. The van der Waals surface area contributed by atoms with Crippen LogP contribution in [0.2, 0.25) is 0 Å². The highest BCUT2D eigenvalue weighted by atomic mass is 79.9. The van der Waals surface area contributed by atoms with Gasteiger partial charge in [0.15, 0.2) is 6.10 Å². The third kappa shape index (κ3) is 6.00. The van der Waals surface area contributed by atoms with Gasteiger partial charge in [-0.25, -0.2) is 0 Å². The fourth-order valence-corrected chi connectivity index (χ4v) is 4.08. The minimum absolute atomic E-state index is 0.0938. The average molecular weight is 531 g/mol. The molecule has 4 aromatic rings. The molecule has 6 nitrogen and oxygen atoms in total. The lowest BCUT2D eigenvalue weighted by atomic mass is 9.99. The Hall–Kier alpha value is -3.84. The van der Waals surface area contributed by atoms with Crippen LogP contribution in [0.1, 0.15) is 40.4 Å². The van der Waals surface area contributed by atoms with Crippen LogP contribution >= 0.6 is 15.9 Å². The number of aryl methyl sites for hydroxylation is 1. The molecule has 1 heterocycles. The molecule has 1 N–H and O–H groups in total. The number of nitrogens with one attached hydrogen (secondary N) is 1. The van der Waals surface area contributed by atoms with Gasteiger partial charge in [0.25, 0.3) is 0 Å². The number of Topliss-reactive ketones (excluding diaryl/α,β-unsaturated/α-hetero) is 1. The maximum Gasteiger partial charge on any atom is 0.307 e. The van der Waals surface area contributed by atoms with Crippen LogP contribution in [0, 0.1) is 6.92 Å². The number of halogens is 1. The quantitative estimate of drug-likeness (QED) is 0.217. The van der Waals surface area contributed by atoms with E-state index in [2.05, 4.69) is 26.2 Å². The van der Waals surface area contributed by atoms with Gasteiger partial charge < -0.3 is 10.1 Å². The van der Waals surface area contributed by atoms with Gasteiger partial charge in [-0.1, -0.05) is 82.2 Å². The van der Waals surface area contributed by atoms with Crippen molar-refractivity contribution in [3.8, 4) is 0 Å². The molecule has 176 valence electrons. The van der Waals surface area contributed by atoms with E-state index in [9.17, 15) is 14.4 Å². The number of carbonyl (C=O) groups is 3. The molecule has 3 aromatic carbocycles. The second-order valence-electron chi connectivity index (χ2n) is 8.05. The molecule has 0 spiro atoms. The van der Waals surface area contributed by atoms with Gasteiger partial charge in [-0.2, -0.15) is 0 Å². The van der Waals surface area contributed by atoms with Gasteiger partial charge in [0.05, 0.1) is 17.6 Å². The first-order valence-electron chi connectivity index (χ1n) is 11.1. The Bertz CT molecular complexity index is 1370. The van der Waals surface area contributed by atoms with Crippen molar-refractivity contribution in [3.05, 3.63) is 106 Å². The van der Waals surface area contributed by atoms with Crippen LogP contribution in [-0.2, 0) is 14.3 Å². The molecule has 4 rings (SSSR count). The van der Waals surface area contributed by atoms with E-state index >= 15 is 0 Å². The van der Waals surface area contributed by atoms with Crippen molar-refractivity contribution >= 4 is 50.2 Å². The van der Waals surface area contributed by atoms with Crippen LogP contribution in [-0.4, -0.2) is 22.6 Å². The lowest BCUT2D eigenvalue weighted by Gasteiger charge is -2.17. The number of pyridine rings is 1. The summed E-state index contributed by atoms with van der Waals surface area (Å²) in [6.07, 6.45) is 0.298. The molecule has 0 bridgehead atoms. The van der Waals surface area contributed by atoms with E-state index in [0.717, 1.165) is 15.4 Å². The summed E-state index contributed by atoms with van der Waals surface area (Å²) >= 11 is 3.48. The van der Waals surface area contributed by atoms with Crippen LogP contribution in [0.3, 0.4) is 0 Å². The average Bonchev–Trinajstić information content (AvgIpc) is 2.88. The molecule has 1 amide bonds. The zero-order valence-electron chi connectivity index (χ0n) is 19.0. The Balaban J connectivity index is 1.43. The van der Waals surface area contributed by atoms with Crippen molar-refractivity contribution in [2.24, 2.45) is 0 Å². The molecule has 0 aliphatic carbocycles. The SMILES string of the molecule is Cc1ccc(C(=O)[C@@H](OC(=O)CCC(=O)Nc2ccc(Br)c3cccnc23)c2ccccc2)cc1. The predicted octanol–water partition coefficient (Wildman–Crippen LogP) is 6.19. The molecule has 0 aliphatic rings. The van der Waals surface area contributed by atoms with E-state index in [1.807, 2.05) is 43.3 Å². The maximum atomic E-state index is 13.2. The third-order valence-electron chi connectivity index (χ3n) is 5.47. The van der Waals surface area contributed by atoms with Crippen molar-refractivity contribution in [1.82, 2.24) is 4.98 Å². The minimum Gasteiger partial charge on any atom is -0.449 e. The molecule has 0 aliphatic heterocycles. The van der Waals surface area contributed by atoms with Crippen molar-refractivity contribution < 1.29 is 19.1 Å². The number of hydrogen-bond acceptors (Lipinski definition) is 5. The van der Waals surface area contributed by atoms with Crippen molar-refractivity contribution in [1.29, 1.82) is 0 Å². The van der Waals surface area contributed by atoms with Crippen molar-refractivity contribution in [3.63, 3.8) is 0 Å². The number of nitrogens with zero attached hydrogens (tertiary/aromatic N) is 1. The number of ketones is 1. The lowest BCUT2D eigenvalue weighted by Crippen LogP contribution is -2.21. The Kier molecular flexibility index (Phi) is 7.67. The van der Waals surface area contributed by atoms with Gasteiger partial charge in [-0.3, -0.25) is 19.4 Å². The lowest BCUT2D eigenvalue weighted by molar-refractivity contribution is -0.148. The molecule has 1 atom stereocenters. The molecular weight excluding hydrogens is 508 g/mol. The fourth-order valence-electron chi connectivity index (χ4n) is 3.63. The summed E-state index contributed by atoms with van der Waals surface area (Å²) in [6, 6.07) is 23.3. The Morgan fingerprint density at radius 1 is 0.914 bits per heavy atom. The van der Waals surface area contributed by atoms with Gasteiger partial charge in [0.2, 0.25) is 11.7 Å². The van der Waals surface area contributed by atoms with Crippen LogP contribution in [0.25, 0.3) is 10.9 Å². The second-order valence-corrected chi connectivity index (χ2v) is 8.91. The highest BCUT2D eigenvalue weighted by molar-refractivity contribution is 9.10. The normalized spacial score (nSPS) is 11.6. The van der Waals surface area contributed by atoms with Gasteiger partial charge in [-0.05, 0) is 25.1 Å². The summed E-state index contributed by atoms with van der Waals surface area (Å²) in [4.78, 5) is 42.7. The van der Waals surface area contributed by atoms with Crippen molar-refractivity contribution in [2.75, 3.05) is 5.32 Å². The van der Waals surface area contributed by atoms with E-state index < -0.39 is 12.1 Å². The van der Waals surface area contributed by atoms with Crippen LogP contribution in [0.15, 0.2) is 89.5 Å². The molecule has 0 saturated heterocycles. The Morgan fingerprint density at radius 2 is 1.66 bits per heavy atom. The first-order chi connectivity index (χ1) is 16.9. The van der Waals surface area contributed by atoms with Gasteiger partial charge in [0, 0.05) is 33.6 Å². The number of ether oxygens (including phenoxy) is 1. The van der Waals surface area contributed by atoms with Crippen LogP contribution < -0.4 is 5.32 Å². The number of esters is 1. The van der Waals surface area contributed by atoms with Gasteiger partial charge in [-0.15, -0.1) is 0 Å². The molecule has 1 aromatic heterocycles. The first kappa shape index (κ1) is 24.3. The number of fused-ring (bicyclic) bond motifs is 1. The summed E-state index contributed by atoms with van der Waals surface area (Å²) in [5, 5.41) is 3.68. The van der Waals surface area contributed by atoms with Gasteiger partial charge >= 0.3 is 5.97 Å². The summed E-state index contributed by atoms with van der Waals surface area (Å²) < 4.78 is 6.45. The van der Waals surface area contributed by atoms with E-state index in [0.29, 0.717) is 22.3 Å². The van der Waals surface area contributed by atoms with E-state index in [1.54, 1.807) is 48.7 Å². The molecule has 0 saturated carbocycles. The topological polar surface area (TPSA) is 85.4 Å². The Labute approximate surface area is 211 Å². The van der Waals surface area contributed by atoms with Crippen LogP contribution in [0.4, 0.5) is 5.69 Å². The largest absolute Gasteiger partial charge is 0.449 e. The number of benzene rings is 3. The first-order valence-corrected chi connectivity index (χ1v) is 11.9. The summed E-state index contributed by atoms with van der Waals surface area (Å²) in [5.41, 5.74) is 3.24. The monoisotopic (exact) mass is 530 g/mol. The minimum atomic E-state index is -1.09. The number of amides is 1. The number of rotatable bonds is 8. The van der Waals surface area contributed by atoms with Crippen molar-refractivity contribution in [2.45, 2.75) is 25.9 Å². The third-order valence-corrected chi connectivity index (χ3v) is 6.16. The molecule has 35 heavy (non-hydrogen) atoms. The molecule has 0 radical (unpaired) electrons. The van der Waals surface area contributed by atoms with Gasteiger partial charge in [0.1, 0.15) is 0 Å². The number of carbonyl (C=O) groups excluding carboxylic acids is 3. The zero-order valence-corrected chi connectivity index (χ0v) is 20.6. The van der Waals surface area contributed by atoms with E-state index in [-0.39, 0.29) is 24.5 Å². The highest BCUT2D eigenvalue weighted by Gasteiger charge is 2.26. The summed E-state index contributed by atoms with van der Waals surface area (Å²) in [7, 11) is 0. The predicted molar refractivity (Wildman–Crippen MR) is 138 cm³/mol. The van der Waals surface area contributed by atoms with Crippen LogP contribution in [0.5, 0.6) is 0 Å². The number of anilines is 1. The maximum absolute atomic E-state index is 13.2. The zero-order chi connectivity index (χ0) is 24.8. The second kappa shape index (κ2) is 11.1. The standard InChI is InChI=1S/C28H23BrN2O4/c1-18-9-11-19(12-10-18)27(34)28(20-6-3-2-4-7-20)35-25(33)16-15-24(32)31-23-14-13-22(29)21-8-5-17-30-26(21)23/h2-14,17,28H,15-16H2,1H3,(H,31,32)/t28-/m0/s1. The van der Waals surface area contributed by atoms with E-state index in [1.165, 1.54) is 0 Å². The number of aromatic nitrogens is 1. The number of hydrogen-bond donors (Lipinski definition) is 1. The molecular formula is C28H23BrN2O4. The van der Waals surface area contributed by atoms with E-state index in [4.69, 9.17) is 4.74 Å². The molecule has 0 unspecified atom stereocenters. The molecule has 7 heteroatoms. The highest BCUT2D eigenvalue weighted by Crippen LogP contribution is 2.28. The smallest absolute Gasteiger partial charge is 0.307 e.